The molecule has 0 unspecified atom stereocenters. The first kappa shape index (κ1) is 14.9. The molecule has 0 saturated carbocycles. The molecular formula is C11H18N2O4S. The molecule has 0 aliphatic heterocycles. The summed E-state index contributed by atoms with van der Waals surface area (Å²) >= 11 is 0. The lowest BCUT2D eigenvalue weighted by Crippen LogP contribution is -2.28. The Hall–Kier alpha value is -1.15. The van der Waals surface area contributed by atoms with Crippen molar-refractivity contribution >= 4 is 15.7 Å². The maximum absolute atomic E-state index is 11.9. The van der Waals surface area contributed by atoms with Crippen LogP contribution in [-0.4, -0.2) is 39.9 Å². The Kier molecular flexibility index (Phi) is 5.54. The molecule has 0 amide bonds. The van der Waals surface area contributed by atoms with Crippen LogP contribution >= 0.6 is 0 Å². The molecule has 102 valence electrons. The van der Waals surface area contributed by atoms with Crippen LogP contribution in [0.2, 0.25) is 0 Å². The van der Waals surface area contributed by atoms with E-state index in [1.807, 2.05) is 0 Å². The number of anilines is 1. The molecule has 18 heavy (non-hydrogen) atoms. The smallest absolute Gasteiger partial charge is 0.240 e. The highest BCUT2D eigenvalue weighted by molar-refractivity contribution is 7.89. The summed E-state index contributed by atoms with van der Waals surface area (Å²) in [5.41, 5.74) is 6.80. The molecule has 4 N–H and O–H groups in total. The number of nitrogens with one attached hydrogen (secondary N) is 1. The van der Waals surface area contributed by atoms with E-state index in [1.54, 1.807) is 19.1 Å². The number of aliphatic hydroxyl groups is 1. The van der Waals surface area contributed by atoms with Gasteiger partial charge in [0.15, 0.2) is 0 Å². The highest BCUT2D eigenvalue weighted by atomic mass is 32.2. The molecule has 1 aromatic rings. The number of nitrogen functional groups attached to an aromatic ring is 1. The highest BCUT2D eigenvalue weighted by Gasteiger charge is 2.14. The number of hydrogen-bond acceptors (Lipinski definition) is 5. The van der Waals surface area contributed by atoms with Gasteiger partial charge in [0.05, 0.1) is 24.7 Å². The molecule has 0 spiro atoms. The van der Waals surface area contributed by atoms with Crippen molar-refractivity contribution in [2.75, 3.05) is 32.1 Å². The fourth-order valence-electron chi connectivity index (χ4n) is 1.43. The first-order valence-electron chi connectivity index (χ1n) is 5.51. The normalized spacial score (nSPS) is 11.7. The molecule has 0 atom stereocenters. The quantitative estimate of drug-likeness (QED) is 0.474. The van der Waals surface area contributed by atoms with Gasteiger partial charge in [-0.3, -0.25) is 0 Å². The third-order valence-electron chi connectivity index (χ3n) is 2.16. The van der Waals surface area contributed by atoms with Gasteiger partial charge in [-0.05, 0) is 30.7 Å². The van der Waals surface area contributed by atoms with Crippen molar-refractivity contribution in [3.8, 4) is 0 Å². The van der Waals surface area contributed by atoms with E-state index in [2.05, 4.69) is 4.72 Å². The minimum absolute atomic E-state index is 0.0822. The molecule has 0 radical (unpaired) electrons. The lowest BCUT2D eigenvalue weighted by molar-refractivity contribution is 0.0961. The Balaban J connectivity index is 2.63. The number of hydrogen-bond donors (Lipinski definition) is 3. The third kappa shape index (κ3) is 4.61. The summed E-state index contributed by atoms with van der Waals surface area (Å²) in [6.07, 6.45) is 0. The number of aliphatic hydroxyl groups excluding tert-OH is 1. The molecule has 7 heteroatoms. The first-order valence-corrected chi connectivity index (χ1v) is 6.99. The maximum Gasteiger partial charge on any atom is 0.240 e. The average molecular weight is 274 g/mol. The van der Waals surface area contributed by atoms with Gasteiger partial charge in [-0.2, -0.15) is 0 Å². The molecule has 0 aromatic heterocycles. The van der Waals surface area contributed by atoms with E-state index < -0.39 is 10.0 Å². The molecule has 0 fully saturated rings. The van der Waals surface area contributed by atoms with Crippen LogP contribution in [0.5, 0.6) is 0 Å². The van der Waals surface area contributed by atoms with Gasteiger partial charge in [-0.15, -0.1) is 0 Å². The second-order valence-corrected chi connectivity index (χ2v) is 5.58. The highest BCUT2D eigenvalue weighted by Crippen LogP contribution is 2.15. The van der Waals surface area contributed by atoms with Gasteiger partial charge < -0.3 is 15.6 Å². The van der Waals surface area contributed by atoms with Crippen molar-refractivity contribution in [2.45, 2.75) is 11.8 Å². The summed E-state index contributed by atoms with van der Waals surface area (Å²) < 4.78 is 31.2. The fraction of sp³-hybridized carbons (Fsp3) is 0.455. The zero-order valence-corrected chi connectivity index (χ0v) is 11.0. The fourth-order valence-corrected chi connectivity index (χ4v) is 2.58. The molecule has 0 aliphatic carbocycles. The van der Waals surface area contributed by atoms with Crippen molar-refractivity contribution in [3.63, 3.8) is 0 Å². The second kappa shape index (κ2) is 6.69. The van der Waals surface area contributed by atoms with E-state index in [-0.39, 0.29) is 31.3 Å². The topological polar surface area (TPSA) is 102 Å². The molecule has 6 nitrogen and oxygen atoms in total. The third-order valence-corrected chi connectivity index (χ3v) is 3.60. The van der Waals surface area contributed by atoms with Crippen LogP contribution in [0.4, 0.5) is 5.69 Å². The summed E-state index contributed by atoms with van der Waals surface area (Å²) in [5.74, 6) is 0. The van der Waals surface area contributed by atoms with Gasteiger partial charge in [0.2, 0.25) is 10.0 Å². The Morgan fingerprint density at radius 3 is 2.67 bits per heavy atom. The Morgan fingerprint density at radius 2 is 2.06 bits per heavy atom. The largest absolute Gasteiger partial charge is 0.399 e. The minimum Gasteiger partial charge on any atom is -0.399 e. The van der Waals surface area contributed by atoms with Gasteiger partial charge in [-0.25, -0.2) is 13.1 Å². The summed E-state index contributed by atoms with van der Waals surface area (Å²) in [4.78, 5) is 0.141. The van der Waals surface area contributed by atoms with Crippen LogP contribution in [0.3, 0.4) is 0 Å². The van der Waals surface area contributed by atoms with E-state index in [9.17, 15) is 8.42 Å². The summed E-state index contributed by atoms with van der Waals surface area (Å²) in [6, 6.07) is 4.65. The van der Waals surface area contributed by atoms with Crippen LogP contribution in [0.1, 0.15) is 5.56 Å². The number of ether oxygens (including phenoxy) is 1. The van der Waals surface area contributed by atoms with Crippen LogP contribution in [-0.2, 0) is 14.8 Å². The van der Waals surface area contributed by atoms with Crippen molar-refractivity contribution < 1.29 is 18.3 Å². The van der Waals surface area contributed by atoms with Gasteiger partial charge in [0, 0.05) is 12.2 Å². The molecule has 0 heterocycles. The van der Waals surface area contributed by atoms with Gasteiger partial charge in [0.1, 0.15) is 0 Å². The number of rotatable bonds is 7. The van der Waals surface area contributed by atoms with E-state index in [1.165, 1.54) is 6.07 Å². The first-order chi connectivity index (χ1) is 8.45. The zero-order valence-electron chi connectivity index (χ0n) is 10.2. The predicted molar refractivity (Wildman–Crippen MR) is 68.7 cm³/mol. The zero-order chi connectivity index (χ0) is 13.6. The second-order valence-electron chi connectivity index (χ2n) is 3.81. The summed E-state index contributed by atoms with van der Waals surface area (Å²) in [5, 5.41) is 8.49. The predicted octanol–water partition coefficient (Wildman–Crippen LogP) is -0.136. The maximum atomic E-state index is 11.9. The molecule has 0 saturated heterocycles. The van der Waals surface area contributed by atoms with Crippen LogP contribution in [0.25, 0.3) is 0 Å². The lowest BCUT2D eigenvalue weighted by Gasteiger charge is -2.08. The number of sulfonamides is 1. The van der Waals surface area contributed by atoms with Crippen molar-refractivity contribution in [3.05, 3.63) is 23.8 Å². The Morgan fingerprint density at radius 1 is 1.33 bits per heavy atom. The van der Waals surface area contributed by atoms with E-state index in [0.29, 0.717) is 5.69 Å². The van der Waals surface area contributed by atoms with Gasteiger partial charge in [-0.1, -0.05) is 0 Å². The lowest BCUT2D eigenvalue weighted by atomic mass is 10.2. The van der Waals surface area contributed by atoms with Gasteiger partial charge in [0.25, 0.3) is 0 Å². The molecule has 0 aliphatic rings. The van der Waals surface area contributed by atoms with Crippen LogP contribution < -0.4 is 10.5 Å². The molecule has 1 aromatic carbocycles. The number of nitrogens with two attached hydrogens (primary N) is 1. The summed E-state index contributed by atoms with van der Waals surface area (Å²) in [7, 11) is -3.56. The monoisotopic (exact) mass is 274 g/mol. The average Bonchev–Trinajstić information content (AvgIpc) is 2.27. The standard InChI is InChI=1S/C11H18N2O4S/c1-9-6-10(12)8-11(7-9)18(15,16)13-2-4-17-5-3-14/h6-8,13-14H,2-5,12H2,1H3. The van der Waals surface area contributed by atoms with E-state index >= 15 is 0 Å². The Labute approximate surface area is 107 Å². The molecule has 1 rings (SSSR count). The van der Waals surface area contributed by atoms with E-state index in [0.717, 1.165) is 5.56 Å². The Bertz CT molecular complexity index is 468. The van der Waals surface area contributed by atoms with Crippen molar-refractivity contribution in [2.24, 2.45) is 0 Å². The SMILES string of the molecule is Cc1cc(N)cc(S(=O)(=O)NCCOCCO)c1. The van der Waals surface area contributed by atoms with E-state index in [4.69, 9.17) is 15.6 Å². The minimum atomic E-state index is -3.56. The van der Waals surface area contributed by atoms with Crippen LogP contribution in [0.15, 0.2) is 23.1 Å². The van der Waals surface area contributed by atoms with Crippen LogP contribution in [0, 0.1) is 6.92 Å². The number of aryl methyl sites for hydroxylation is 1. The van der Waals surface area contributed by atoms with Crippen molar-refractivity contribution in [1.29, 1.82) is 0 Å². The number of benzene rings is 1. The van der Waals surface area contributed by atoms with Gasteiger partial charge >= 0.3 is 0 Å². The van der Waals surface area contributed by atoms with Crippen molar-refractivity contribution in [1.82, 2.24) is 4.72 Å². The summed E-state index contributed by atoms with van der Waals surface area (Å²) in [6.45, 7) is 2.25. The molecule has 0 bridgehead atoms. The molecular weight excluding hydrogens is 256 g/mol.